The molecule has 3 heteroatoms. The second kappa shape index (κ2) is 9.00. The van der Waals surface area contributed by atoms with Gasteiger partial charge in [-0.15, -0.1) is 0 Å². The topological polar surface area (TPSA) is 57.5 Å². The van der Waals surface area contributed by atoms with Gasteiger partial charge in [-0.2, -0.15) is 0 Å². The van der Waals surface area contributed by atoms with E-state index in [1.54, 1.807) is 0 Å². The van der Waals surface area contributed by atoms with Crippen LogP contribution in [0.2, 0.25) is 0 Å². The Morgan fingerprint density at radius 2 is 1.79 bits per heavy atom. The second-order valence-corrected chi connectivity index (χ2v) is 3.75. The Morgan fingerprint density at radius 1 is 1.14 bits per heavy atom. The van der Waals surface area contributed by atoms with Gasteiger partial charge in [0.15, 0.2) is 0 Å². The molecule has 14 heavy (non-hydrogen) atoms. The highest BCUT2D eigenvalue weighted by molar-refractivity contribution is 5.69. The summed E-state index contributed by atoms with van der Waals surface area (Å²) in [5.74, 6) is -0.817. The quantitative estimate of drug-likeness (QED) is 0.564. The molecule has 0 aliphatic rings. The molecule has 0 aliphatic carbocycles. The highest BCUT2D eigenvalue weighted by Gasteiger charge is 2.14. The molecule has 0 bridgehead atoms. The van der Waals surface area contributed by atoms with Crippen LogP contribution in [-0.2, 0) is 4.79 Å². The van der Waals surface area contributed by atoms with E-state index in [-0.39, 0.29) is 12.5 Å². The van der Waals surface area contributed by atoms with Gasteiger partial charge in [-0.25, -0.2) is 0 Å². The molecule has 0 fully saturated rings. The van der Waals surface area contributed by atoms with E-state index < -0.39 is 5.97 Å². The van der Waals surface area contributed by atoms with Crippen LogP contribution in [0, 0.1) is 5.92 Å². The summed E-state index contributed by atoms with van der Waals surface area (Å²) in [4.78, 5) is 10.8. The van der Waals surface area contributed by atoms with Crippen molar-refractivity contribution >= 4 is 5.97 Å². The van der Waals surface area contributed by atoms with Crippen molar-refractivity contribution in [2.24, 2.45) is 5.92 Å². The lowest BCUT2D eigenvalue weighted by Crippen LogP contribution is -2.13. The fourth-order valence-corrected chi connectivity index (χ4v) is 1.60. The molecule has 84 valence electrons. The second-order valence-electron chi connectivity index (χ2n) is 3.75. The Bertz CT molecular complexity index is 145. The minimum atomic E-state index is -0.658. The van der Waals surface area contributed by atoms with E-state index >= 15 is 0 Å². The third-order valence-electron chi connectivity index (χ3n) is 2.45. The normalized spacial score (nSPS) is 12.7. The molecule has 0 radical (unpaired) electrons. The van der Waals surface area contributed by atoms with Crippen molar-refractivity contribution in [1.29, 1.82) is 0 Å². The van der Waals surface area contributed by atoms with Crippen LogP contribution in [0.5, 0.6) is 0 Å². The molecule has 0 amide bonds. The fourth-order valence-electron chi connectivity index (χ4n) is 1.60. The molecule has 0 heterocycles. The lowest BCUT2D eigenvalue weighted by atomic mass is 9.96. The number of carboxylic acids is 1. The van der Waals surface area contributed by atoms with Crippen LogP contribution in [0.15, 0.2) is 0 Å². The number of aliphatic carboxylic acids is 1. The SMILES string of the molecule is CCC[C@H](CCCCCCO)C(=O)O. The molecule has 0 rings (SSSR count). The standard InChI is InChI=1S/C11H22O3/c1-2-7-10(11(13)14)8-5-3-4-6-9-12/h10,12H,2-9H2,1H3,(H,13,14)/t10-/m1/s1. The van der Waals surface area contributed by atoms with Gasteiger partial charge in [-0.05, 0) is 19.3 Å². The molecule has 0 saturated carbocycles. The van der Waals surface area contributed by atoms with Gasteiger partial charge in [-0.1, -0.05) is 32.6 Å². The molecule has 0 spiro atoms. The highest BCUT2D eigenvalue weighted by Crippen LogP contribution is 2.16. The van der Waals surface area contributed by atoms with Gasteiger partial charge < -0.3 is 10.2 Å². The zero-order valence-electron chi connectivity index (χ0n) is 9.04. The van der Waals surface area contributed by atoms with Gasteiger partial charge in [0.2, 0.25) is 0 Å². The van der Waals surface area contributed by atoms with Gasteiger partial charge in [0.1, 0.15) is 0 Å². The zero-order valence-corrected chi connectivity index (χ0v) is 9.04. The number of unbranched alkanes of at least 4 members (excludes halogenated alkanes) is 3. The molecule has 3 nitrogen and oxygen atoms in total. The number of rotatable bonds is 9. The average molecular weight is 202 g/mol. The van der Waals surface area contributed by atoms with E-state index in [9.17, 15) is 4.79 Å². The van der Waals surface area contributed by atoms with E-state index in [2.05, 4.69) is 0 Å². The molecule has 0 unspecified atom stereocenters. The van der Waals surface area contributed by atoms with E-state index in [1.165, 1.54) is 0 Å². The summed E-state index contributed by atoms with van der Waals surface area (Å²) in [5.41, 5.74) is 0. The predicted molar refractivity (Wildman–Crippen MR) is 56.2 cm³/mol. The van der Waals surface area contributed by atoms with Crippen molar-refractivity contribution in [1.82, 2.24) is 0 Å². The first kappa shape index (κ1) is 13.4. The molecule has 0 aromatic carbocycles. The summed E-state index contributed by atoms with van der Waals surface area (Å²) >= 11 is 0. The first-order valence-electron chi connectivity index (χ1n) is 5.56. The maximum atomic E-state index is 10.8. The predicted octanol–water partition coefficient (Wildman–Crippen LogP) is 2.43. The molecular formula is C11H22O3. The van der Waals surface area contributed by atoms with Crippen LogP contribution >= 0.6 is 0 Å². The molecule has 0 saturated heterocycles. The third kappa shape index (κ3) is 6.89. The smallest absolute Gasteiger partial charge is 0.306 e. The van der Waals surface area contributed by atoms with Crippen LogP contribution in [-0.4, -0.2) is 22.8 Å². The lowest BCUT2D eigenvalue weighted by molar-refractivity contribution is -0.142. The molecule has 0 aromatic rings. The number of hydrogen-bond acceptors (Lipinski definition) is 2. The van der Waals surface area contributed by atoms with E-state index in [0.717, 1.165) is 44.9 Å². The van der Waals surface area contributed by atoms with Crippen LogP contribution in [0.1, 0.15) is 51.9 Å². The van der Waals surface area contributed by atoms with E-state index in [4.69, 9.17) is 10.2 Å². The molecular weight excluding hydrogens is 180 g/mol. The summed E-state index contributed by atoms with van der Waals surface area (Å²) < 4.78 is 0. The first-order chi connectivity index (χ1) is 6.72. The lowest BCUT2D eigenvalue weighted by Gasteiger charge is -2.10. The Kier molecular flexibility index (Phi) is 8.64. The Morgan fingerprint density at radius 3 is 2.29 bits per heavy atom. The monoisotopic (exact) mass is 202 g/mol. The van der Waals surface area contributed by atoms with Crippen molar-refractivity contribution in [3.63, 3.8) is 0 Å². The van der Waals surface area contributed by atoms with Crippen LogP contribution in [0.4, 0.5) is 0 Å². The molecule has 0 aromatic heterocycles. The van der Waals surface area contributed by atoms with E-state index in [1.807, 2.05) is 6.92 Å². The van der Waals surface area contributed by atoms with Crippen LogP contribution in [0.25, 0.3) is 0 Å². The first-order valence-corrected chi connectivity index (χ1v) is 5.56. The third-order valence-corrected chi connectivity index (χ3v) is 2.45. The highest BCUT2D eigenvalue weighted by atomic mass is 16.4. The molecule has 0 aliphatic heterocycles. The van der Waals surface area contributed by atoms with Crippen molar-refractivity contribution in [3.8, 4) is 0 Å². The summed E-state index contributed by atoms with van der Waals surface area (Å²) in [5, 5.41) is 17.4. The summed E-state index contributed by atoms with van der Waals surface area (Å²) in [6.45, 7) is 2.26. The van der Waals surface area contributed by atoms with Crippen molar-refractivity contribution in [2.75, 3.05) is 6.61 Å². The summed E-state index contributed by atoms with van der Waals surface area (Å²) in [6.07, 6.45) is 6.36. The molecule has 2 N–H and O–H groups in total. The van der Waals surface area contributed by atoms with Gasteiger partial charge in [0.25, 0.3) is 0 Å². The Hall–Kier alpha value is -0.570. The summed E-state index contributed by atoms with van der Waals surface area (Å²) in [6, 6.07) is 0. The number of aliphatic hydroxyl groups is 1. The molecule has 1 atom stereocenters. The minimum absolute atomic E-state index is 0.158. The maximum Gasteiger partial charge on any atom is 0.306 e. The summed E-state index contributed by atoms with van der Waals surface area (Å²) in [7, 11) is 0. The number of carboxylic acid groups (broad SMARTS) is 1. The van der Waals surface area contributed by atoms with Gasteiger partial charge in [-0.3, -0.25) is 4.79 Å². The Labute approximate surface area is 86.1 Å². The number of aliphatic hydroxyl groups excluding tert-OH is 1. The van der Waals surface area contributed by atoms with Crippen LogP contribution < -0.4 is 0 Å². The largest absolute Gasteiger partial charge is 0.481 e. The van der Waals surface area contributed by atoms with Gasteiger partial charge in [0.05, 0.1) is 5.92 Å². The minimum Gasteiger partial charge on any atom is -0.481 e. The van der Waals surface area contributed by atoms with Gasteiger partial charge >= 0.3 is 5.97 Å². The van der Waals surface area contributed by atoms with Crippen molar-refractivity contribution in [3.05, 3.63) is 0 Å². The van der Waals surface area contributed by atoms with Crippen molar-refractivity contribution in [2.45, 2.75) is 51.9 Å². The Balaban J connectivity index is 3.46. The maximum absolute atomic E-state index is 10.8. The van der Waals surface area contributed by atoms with E-state index in [0.29, 0.717) is 0 Å². The van der Waals surface area contributed by atoms with Crippen LogP contribution in [0.3, 0.4) is 0 Å². The number of hydrogen-bond donors (Lipinski definition) is 2. The zero-order chi connectivity index (χ0) is 10.8. The average Bonchev–Trinajstić information content (AvgIpc) is 2.15. The van der Waals surface area contributed by atoms with Crippen molar-refractivity contribution < 1.29 is 15.0 Å². The fraction of sp³-hybridized carbons (Fsp3) is 0.909. The van der Waals surface area contributed by atoms with Gasteiger partial charge in [0, 0.05) is 6.61 Å². The number of carbonyl (C=O) groups is 1.